The van der Waals surface area contributed by atoms with Crippen LogP contribution in [0.1, 0.15) is 25.7 Å². The molecular weight excluding hydrogens is 186 g/mol. The molecule has 2 fully saturated rings. The summed E-state index contributed by atoms with van der Waals surface area (Å²) in [5.41, 5.74) is 0. The van der Waals surface area contributed by atoms with Crippen LogP contribution in [0.5, 0.6) is 0 Å². The average Bonchev–Trinajstić information content (AvgIpc) is 2.31. The number of hydrogen-bond donors (Lipinski definition) is 2. The summed E-state index contributed by atoms with van der Waals surface area (Å²) in [5.74, 6) is 0.956. The summed E-state index contributed by atoms with van der Waals surface area (Å²) in [5, 5.41) is 6.83. The molecule has 0 bridgehead atoms. The molecule has 0 aromatic carbocycles. The highest BCUT2D eigenvalue weighted by molar-refractivity contribution is 4.79. The monoisotopic (exact) mass is 211 g/mol. The minimum atomic E-state index is 0.772. The third-order valence-corrected chi connectivity index (χ3v) is 3.97. The molecule has 2 aliphatic heterocycles. The van der Waals surface area contributed by atoms with Gasteiger partial charge in [0.05, 0.1) is 0 Å². The number of piperidine rings is 2. The fraction of sp³-hybridized carbons (Fsp3) is 1.00. The summed E-state index contributed by atoms with van der Waals surface area (Å²) < 4.78 is 0. The normalized spacial score (nSPS) is 27.0. The van der Waals surface area contributed by atoms with E-state index in [0.717, 1.165) is 12.0 Å². The Morgan fingerprint density at radius 3 is 2.40 bits per heavy atom. The highest BCUT2D eigenvalue weighted by atomic mass is 15.1. The zero-order valence-electron chi connectivity index (χ0n) is 9.97. The molecule has 2 rings (SSSR count). The van der Waals surface area contributed by atoms with E-state index in [1.54, 1.807) is 0 Å². The van der Waals surface area contributed by atoms with Crippen LogP contribution in [-0.4, -0.2) is 50.7 Å². The SMILES string of the molecule is CNC1CCN(CC2CCNCC2)CC1. The second-order valence-corrected chi connectivity index (χ2v) is 5.06. The second-order valence-electron chi connectivity index (χ2n) is 5.06. The molecule has 0 aliphatic carbocycles. The lowest BCUT2D eigenvalue weighted by Crippen LogP contribution is -2.44. The fourth-order valence-electron chi connectivity index (χ4n) is 2.83. The summed E-state index contributed by atoms with van der Waals surface area (Å²) in [6.07, 6.45) is 5.43. The van der Waals surface area contributed by atoms with Gasteiger partial charge in [-0.05, 0) is 64.8 Å². The average molecular weight is 211 g/mol. The van der Waals surface area contributed by atoms with Gasteiger partial charge in [0.2, 0.25) is 0 Å². The molecule has 0 aromatic rings. The summed E-state index contributed by atoms with van der Waals surface area (Å²) >= 11 is 0. The van der Waals surface area contributed by atoms with Crippen LogP contribution >= 0.6 is 0 Å². The van der Waals surface area contributed by atoms with Crippen molar-refractivity contribution in [3.63, 3.8) is 0 Å². The maximum Gasteiger partial charge on any atom is 0.00884 e. The summed E-state index contributed by atoms with van der Waals surface area (Å²) in [6.45, 7) is 6.41. The van der Waals surface area contributed by atoms with E-state index in [1.807, 2.05) is 0 Å². The van der Waals surface area contributed by atoms with Gasteiger partial charge in [-0.15, -0.1) is 0 Å². The first-order valence-corrected chi connectivity index (χ1v) is 6.49. The Morgan fingerprint density at radius 2 is 1.80 bits per heavy atom. The number of likely N-dealkylation sites (tertiary alicyclic amines) is 1. The smallest absolute Gasteiger partial charge is 0.00884 e. The van der Waals surface area contributed by atoms with E-state index in [1.165, 1.54) is 58.4 Å². The van der Waals surface area contributed by atoms with Crippen molar-refractivity contribution in [3.8, 4) is 0 Å². The van der Waals surface area contributed by atoms with Gasteiger partial charge >= 0.3 is 0 Å². The lowest BCUT2D eigenvalue weighted by molar-refractivity contribution is 0.161. The second kappa shape index (κ2) is 5.83. The van der Waals surface area contributed by atoms with Crippen molar-refractivity contribution in [2.75, 3.05) is 39.8 Å². The number of nitrogens with one attached hydrogen (secondary N) is 2. The highest BCUT2D eigenvalue weighted by Gasteiger charge is 2.21. The Hall–Kier alpha value is -0.120. The molecule has 0 radical (unpaired) electrons. The molecule has 2 aliphatic rings. The molecule has 3 nitrogen and oxygen atoms in total. The zero-order chi connectivity index (χ0) is 10.5. The molecule has 2 N–H and O–H groups in total. The van der Waals surface area contributed by atoms with Gasteiger partial charge in [0.1, 0.15) is 0 Å². The van der Waals surface area contributed by atoms with Crippen molar-refractivity contribution >= 4 is 0 Å². The minimum Gasteiger partial charge on any atom is -0.317 e. The summed E-state index contributed by atoms with van der Waals surface area (Å²) in [4.78, 5) is 2.67. The van der Waals surface area contributed by atoms with Crippen molar-refractivity contribution in [2.24, 2.45) is 5.92 Å². The van der Waals surface area contributed by atoms with Crippen LogP contribution in [0.3, 0.4) is 0 Å². The Balaban J connectivity index is 1.67. The van der Waals surface area contributed by atoms with Crippen LogP contribution in [0.25, 0.3) is 0 Å². The molecule has 88 valence electrons. The molecule has 0 amide bonds. The first kappa shape index (κ1) is 11.4. The molecular formula is C12H25N3. The van der Waals surface area contributed by atoms with E-state index in [0.29, 0.717) is 0 Å². The molecule has 3 heteroatoms. The van der Waals surface area contributed by atoms with Crippen LogP contribution in [0.15, 0.2) is 0 Å². The first-order valence-electron chi connectivity index (χ1n) is 6.49. The predicted octanol–water partition coefficient (Wildman–Crippen LogP) is 0.670. The summed E-state index contributed by atoms with van der Waals surface area (Å²) in [6, 6.07) is 0.772. The van der Waals surface area contributed by atoms with Crippen LogP contribution < -0.4 is 10.6 Å². The van der Waals surface area contributed by atoms with Gasteiger partial charge < -0.3 is 15.5 Å². The number of nitrogens with zero attached hydrogens (tertiary/aromatic N) is 1. The van der Waals surface area contributed by atoms with E-state index < -0.39 is 0 Å². The lowest BCUT2D eigenvalue weighted by Gasteiger charge is -2.35. The fourth-order valence-corrected chi connectivity index (χ4v) is 2.83. The quantitative estimate of drug-likeness (QED) is 0.718. The van der Waals surface area contributed by atoms with E-state index in [-0.39, 0.29) is 0 Å². The lowest BCUT2D eigenvalue weighted by atomic mass is 9.96. The predicted molar refractivity (Wildman–Crippen MR) is 64.1 cm³/mol. The number of hydrogen-bond acceptors (Lipinski definition) is 3. The largest absolute Gasteiger partial charge is 0.317 e. The van der Waals surface area contributed by atoms with E-state index in [2.05, 4.69) is 22.6 Å². The third kappa shape index (κ3) is 3.44. The first-order chi connectivity index (χ1) is 7.38. The van der Waals surface area contributed by atoms with Gasteiger partial charge in [0.15, 0.2) is 0 Å². The maximum atomic E-state index is 3.44. The Kier molecular flexibility index (Phi) is 4.42. The minimum absolute atomic E-state index is 0.772. The third-order valence-electron chi connectivity index (χ3n) is 3.97. The summed E-state index contributed by atoms with van der Waals surface area (Å²) in [7, 11) is 2.09. The van der Waals surface area contributed by atoms with Crippen molar-refractivity contribution in [1.82, 2.24) is 15.5 Å². The van der Waals surface area contributed by atoms with E-state index in [9.17, 15) is 0 Å². The van der Waals surface area contributed by atoms with Gasteiger partial charge in [-0.25, -0.2) is 0 Å². The van der Waals surface area contributed by atoms with Gasteiger partial charge in [0, 0.05) is 12.6 Å². The van der Waals surface area contributed by atoms with Gasteiger partial charge in [-0.1, -0.05) is 0 Å². The van der Waals surface area contributed by atoms with Crippen molar-refractivity contribution in [2.45, 2.75) is 31.7 Å². The molecule has 0 spiro atoms. The maximum absolute atomic E-state index is 3.44. The van der Waals surface area contributed by atoms with Gasteiger partial charge in [0.25, 0.3) is 0 Å². The number of rotatable bonds is 3. The van der Waals surface area contributed by atoms with Crippen molar-refractivity contribution in [3.05, 3.63) is 0 Å². The van der Waals surface area contributed by atoms with Crippen LogP contribution in [0, 0.1) is 5.92 Å². The molecule has 0 aromatic heterocycles. The molecule has 0 atom stereocenters. The Morgan fingerprint density at radius 1 is 1.13 bits per heavy atom. The van der Waals surface area contributed by atoms with Gasteiger partial charge in [-0.3, -0.25) is 0 Å². The molecule has 2 saturated heterocycles. The standard InChI is InChI=1S/C12H25N3/c1-13-12-4-8-15(9-5-12)10-11-2-6-14-7-3-11/h11-14H,2-10H2,1H3. The van der Waals surface area contributed by atoms with Crippen molar-refractivity contribution in [1.29, 1.82) is 0 Å². The Bertz CT molecular complexity index is 170. The topological polar surface area (TPSA) is 27.3 Å². The molecule has 15 heavy (non-hydrogen) atoms. The molecule has 2 heterocycles. The Labute approximate surface area is 93.6 Å². The molecule has 0 saturated carbocycles. The van der Waals surface area contributed by atoms with Crippen LogP contribution in [0.4, 0.5) is 0 Å². The zero-order valence-corrected chi connectivity index (χ0v) is 9.97. The highest BCUT2D eigenvalue weighted by Crippen LogP contribution is 2.17. The van der Waals surface area contributed by atoms with Gasteiger partial charge in [-0.2, -0.15) is 0 Å². The van der Waals surface area contributed by atoms with E-state index >= 15 is 0 Å². The van der Waals surface area contributed by atoms with Crippen LogP contribution in [0.2, 0.25) is 0 Å². The van der Waals surface area contributed by atoms with Crippen molar-refractivity contribution < 1.29 is 0 Å². The van der Waals surface area contributed by atoms with E-state index in [4.69, 9.17) is 0 Å². The molecule has 0 unspecified atom stereocenters. The van der Waals surface area contributed by atoms with Crippen LogP contribution in [-0.2, 0) is 0 Å².